The second-order valence-electron chi connectivity index (χ2n) is 3.53. The molecule has 17 heavy (non-hydrogen) atoms. The predicted molar refractivity (Wildman–Crippen MR) is 85.6 cm³/mol. The second-order valence-corrected chi connectivity index (χ2v) is 7.37. The average Bonchev–Trinajstić information content (AvgIpc) is 2.38. The van der Waals surface area contributed by atoms with Crippen molar-refractivity contribution < 1.29 is 0 Å². The lowest BCUT2D eigenvalue weighted by molar-refractivity contribution is 1.13. The van der Waals surface area contributed by atoms with E-state index in [-0.39, 0.29) is 0 Å². The van der Waals surface area contributed by atoms with E-state index in [4.69, 9.17) is 0 Å². The molecule has 0 fully saturated rings. The first-order chi connectivity index (χ1) is 8.43. The number of rotatable bonds is 10. The van der Waals surface area contributed by atoms with Gasteiger partial charge in [-0.3, -0.25) is 4.98 Å². The Morgan fingerprint density at radius 3 is 2.12 bits per heavy atom. The number of nitrogens with zero attached hydrogens (tertiary/aromatic N) is 1. The Morgan fingerprint density at radius 2 is 1.47 bits per heavy atom. The molecule has 1 nitrogen and oxygen atoms in total. The van der Waals surface area contributed by atoms with E-state index < -0.39 is 0 Å². The molecular weight excluding hydrogens is 266 g/mol. The van der Waals surface area contributed by atoms with E-state index in [0.717, 1.165) is 0 Å². The van der Waals surface area contributed by atoms with Crippen LogP contribution in [0.3, 0.4) is 0 Å². The summed E-state index contributed by atoms with van der Waals surface area (Å²) >= 11 is 6.19. The molecule has 0 unspecified atom stereocenters. The Kier molecular flexibility index (Phi) is 10.1. The summed E-state index contributed by atoms with van der Waals surface area (Å²) in [4.78, 5) is 4.03. The second kappa shape index (κ2) is 11.3. The lowest BCUT2D eigenvalue weighted by Gasteiger charge is -2.02. The summed E-state index contributed by atoms with van der Waals surface area (Å²) in [6.45, 7) is 2.23. The fourth-order valence-corrected chi connectivity index (χ4v) is 4.29. The normalized spacial score (nSPS) is 10.6. The minimum Gasteiger partial charge on any atom is -0.265 e. The lowest BCUT2D eigenvalue weighted by Crippen LogP contribution is -1.93. The van der Waals surface area contributed by atoms with Crippen LogP contribution in [0.1, 0.15) is 12.5 Å². The third-order valence-corrected chi connectivity index (χ3v) is 5.62. The number of hydrogen-bond donors (Lipinski definition) is 0. The zero-order chi connectivity index (χ0) is 12.2. The highest BCUT2D eigenvalue weighted by Gasteiger charge is 1.94. The fourth-order valence-electron chi connectivity index (χ4n) is 1.32. The van der Waals surface area contributed by atoms with Crippen molar-refractivity contribution in [1.82, 2.24) is 4.98 Å². The van der Waals surface area contributed by atoms with Crippen molar-refractivity contribution in [3.05, 3.63) is 30.1 Å². The van der Waals surface area contributed by atoms with Crippen molar-refractivity contribution >= 4 is 35.3 Å². The number of pyridine rings is 1. The summed E-state index contributed by atoms with van der Waals surface area (Å²) in [6.07, 6.45) is 4.92. The minimum absolute atomic E-state index is 1.17. The molecule has 0 atom stereocenters. The molecule has 0 saturated carbocycles. The molecule has 0 radical (unpaired) electrons. The molecule has 96 valence electrons. The zero-order valence-corrected chi connectivity index (χ0v) is 12.9. The predicted octanol–water partition coefficient (Wildman–Crippen LogP) is 3.84. The van der Waals surface area contributed by atoms with Gasteiger partial charge in [0.1, 0.15) is 0 Å². The Balaban J connectivity index is 1.85. The summed E-state index contributed by atoms with van der Waals surface area (Å²) < 4.78 is 0. The number of thioether (sulfide) groups is 3. The standard InChI is InChI=1S/C13H21NS3/c1-2-15-9-10-17-12-11-16-8-5-13-3-6-14-7-4-13/h3-4,6-7H,2,5,8-12H2,1H3. The molecule has 1 aromatic heterocycles. The van der Waals surface area contributed by atoms with Crippen molar-refractivity contribution in [2.45, 2.75) is 13.3 Å². The van der Waals surface area contributed by atoms with Gasteiger partial charge >= 0.3 is 0 Å². The van der Waals surface area contributed by atoms with Gasteiger partial charge in [-0.05, 0) is 35.6 Å². The molecule has 0 spiro atoms. The Labute approximate surface area is 118 Å². The van der Waals surface area contributed by atoms with Gasteiger partial charge in [-0.2, -0.15) is 35.3 Å². The third-order valence-electron chi connectivity index (χ3n) is 2.23. The molecule has 1 heterocycles. The number of aryl methyl sites for hydroxylation is 1. The largest absolute Gasteiger partial charge is 0.265 e. The molecule has 1 aromatic rings. The van der Waals surface area contributed by atoms with Gasteiger partial charge in [0.25, 0.3) is 0 Å². The van der Waals surface area contributed by atoms with Crippen LogP contribution in [0.25, 0.3) is 0 Å². The summed E-state index contributed by atoms with van der Waals surface area (Å²) in [5, 5.41) is 0. The summed E-state index contributed by atoms with van der Waals surface area (Å²) in [6, 6.07) is 4.22. The van der Waals surface area contributed by atoms with Gasteiger partial charge in [-0.1, -0.05) is 6.92 Å². The summed E-state index contributed by atoms with van der Waals surface area (Å²) in [7, 11) is 0. The summed E-state index contributed by atoms with van der Waals surface area (Å²) in [5.41, 5.74) is 1.40. The first-order valence-electron chi connectivity index (χ1n) is 6.05. The van der Waals surface area contributed by atoms with Crippen LogP contribution >= 0.6 is 35.3 Å². The minimum atomic E-state index is 1.17. The van der Waals surface area contributed by atoms with Gasteiger partial charge in [0.15, 0.2) is 0 Å². The van der Waals surface area contributed by atoms with E-state index in [1.165, 1.54) is 46.5 Å². The maximum atomic E-state index is 4.03. The quantitative estimate of drug-likeness (QED) is 0.606. The van der Waals surface area contributed by atoms with Crippen molar-refractivity contribution in [2.75, 3.05) is 34.5 Å². The Bertz CT molecular complexity index is 267. The van der Waals surface area contributed by atoms with Crippen LogP contribution in [0.2, 0.25) is 0 Å². The first-order valence-corrected chi connectivity index (χ1v) is 9.52. The van der Waals surface area contributed by atoms with Crippen LogP contribution in [0, 0.1) is 0 Å². The Morgan fingerprint density at radius 1 is 0.882 bits per heavy atom. The highest BCUT2D eigenvalue weighted by atomic mass is 32.2. The molecular formula is C13H21NS3. The van der Waals surface area contributed by atoms with Crippen LogP contribution in [-0.4, -0.2) is 39.5 Å². The SMILES string of the molecule is CCSCCSCCSCCc1ccncc1. The molecule has 0 aliphatic rings. The van der Waals surface area contributed by atoms with Gasteiger partial charge in [-0.25, -0.2) is 0 Å². The van der Waals surface area contributed by atoms with Gasteiger partial charge in [-0.15, -0.1) is 0 Å². The third kappa shape index (κ3) is 8.86. The molecule has 0 bridgehead atoms. The molecule has 0 amide bonds. The smallest absolute Gasteiger partial charge is 0.0270 e. The van der Waals surface area contributed by atoms with E-state index >= 15 is 0 Å². The molecule has 1 rings (SSSR count). The van der Waals surface area contributed by atoms with Crippen LogP contribution < -0.4 is 0 Å². The zero-order valence-electron chi connectivity index (χ0n) is 10.4. The highest BCUT2D eigenvalue weighted by molar-refractivity contribution is 8.04. The van der Waals surface area contributed by atoms with Crippen molar-refractivity contribution in [1.29, 1.82) is 0 Å². The van der Waals surface area contributed by atoms with Gasteiger partial charge in [0.05, 0.1) is 0 Å². The Hall–Kier alpha value is 0.200. The highest BCUT2D eigenvalue weighted by Crippen LogP contribution is 2.11. The van der Waals surface area contributed by atoms with Crippen molar-refractivity contribution in [3.63, 3.8) is 0 Å². The van der Waals surface area contributed by atoms with Crippen LogP contribution in [0.4, 0.5) is 0 Å². The molecule has 4 heteroatoms. The maximum Gasteiger partial charge on any atom is 0.0270 e. The van der Waals surface area contributed by atoms with E-state index in [1.807, 2.05) is 24.2 Å². The molecule has 0 aliphatic carbocycles. The van der Waals surface area contributed by atoms with Gasteiger partial charge < -0.3 is 0 Å². The fraction of sp³-hybridized carbons (Fsp3) is 0.615. The molecule has 0 N–H and O–H groups in total. The van der Waals surface area contributed by atoms with Crippen LogP contribution in [-0.2, 0) is 6.42 Å². The first kappa shape index (κ1) is 15.3. The van der Waals surface area contributed by atoms with Crippen LogP contribution in [0.15, 0.2) is 24.5 Å². The van der Waals surface area contributed by atoms with Crippen molar-refractivity contribution in [3.8, 4) is 0 Å². The van der Waals surface area contributed by atoms with Gasteiger partial charge in [0, 0.05) is 35.4 Å². The number of aromatic nitrogens is 1. The average molecular weight is 288 g/mol. The van der Waals surface area contributed by atoms with E-state index in [1.54, 1.807) is 0 Å². The number of hydrogen-bond acceptors (Lipinski definition) is 4. The van der Waals surface area contributed by atoms with E-state index in [2.05, 4.69) is 47.6 Å². The monoisotopic (exact) mass is 287 g/mol. The lowest BCUT2D eigenvalue weighted by atomic mass is 10.2. The molecule has 0 aliphatic heterocycles. The van der Waals surface area contributed by atoms with Crippen molar-refractivity contribution in [2.24, 2.45) is 0 Å². The van der Waals surface area contributed by atoms with E-state index in [0.29, 0.717) is 0 Å². The topological polar surface area (TPSA) is 12.9 Å². The van der Waals surface area contributed by atoms with Crippen LogP contribution in [0.5, 0.6) is 0 Å². The molecule has 0 saturated heterocycles. The molecule has 0 aromatic carbocycles. The van der Waals surface area contributed by atoms with Gasteiger partial charge in [0.2, 0.25) is 0 Å². The maximum absolute atomic E-state index is 4.03. The summed E-state index contributed by atoms with van der Waals surface area (Å²) in [5.74, 6) is 7.68. The van der Waals surface area contributed by atoms with E-state index in [9.17, 15) is 0 Å².